The number of halogens is 4. The van der Waals surface area contributed by atoms with Gasteiger partial charge in [-0.15, -0.1) is 0 Å². The maximum absolute atomic E-state index is 12.7. The Morgan fingerprint density at radius 2 is 1.86 bits per heavy atom. The number of amides is 1. The van der Waals surface area contributed by atoms with Crippen molar-refractivity contribution in [3.63, 3.8) is 0 Å². The molecule has 0 radical (unpaired) electrons. The molecule has 0 aromatic heterocycles. The molecule has 1 heterocycles. The summed E-state index contributed by atoms with van der Waals surface area (Å²) >= 11 is 5.89. The molecule has 0 bridgehead atoms. The average Bonchev–Trinajstić information content (AvgIpc) is 2.99. The lowest BCUT2D eigenvalue weighted by Crippen LogP contribution is -2.30. The van der Waals surface area contributed by atoms with E-state index in [0.29, 0.717) is 5.56 Å². The Labute approximate surface area is 167 Å². The van der Waals surface area contributed by atoms with E-state index in [1.54, 1.807) is 24.3 Å². The minimum Gasteiger partial charge on any atom is -0.487 e. The zero-order valence-corrected chi connectivity index (χ0v) is 16.4. The van der Waals surface area contributed by atoms with Crippen molar-refractivity contribution in [1.29, 1.82) is 0 Å². The molecule has 2 aromatic carbocycles. The number of carbonyl (C=O) groups is 1. The molecule has 0 spiro atoms. The van der Waals surface area contributed by atoms with E-state index >= 15 is 0 Å². The summed E-state index contributed by atoms with van der Waals surface area (Å²) in [7, 11) is 0. The number of rotatable bonds is 4. The van der Waals surface area contributed by atoms with Gasteiger partial charge in [-0.3, -0.25) is 4.79 Å². The van der Waals surface area contributed by atoms with Crippen molar-refractivity contribution in [2.45, 2.75) is 33.1 Å². The molecule has 2 aromatic rings. The van der Waals surface area contributed by atoms with Crippen molar-refractivity contribution in [3.8, 4) is 5.75 Å². The zero-order chi connectivity index (χ0) is 20.5. The van der Waals surface area contributed by atoms with Crippen LogP contribution in [0.2, 0.25) is 5.02 Å². The fourth-order valence-electron chi connectivity index (χ4n) is 3.17. The molecule has 3 rings (SSSR count). The fraction of sp³-hybridized carbons (Fsp3) is 0.381. The van der Waals surface area contributed by atoms with E-state index in [0.717, 1.165) is 37.2 Å². The molecule has 1 amide bonds. The number of ether oxygens (including phenoxy) is 1. The topological polar surface area (TPSA) is 29.5 Å². The molecule has 150 valence electrons. The maximum Gasteiger partial charge on any atom is 0.416 e. The van der Waals surface area contributed by atoms with Gasteiger partial charge in [0.25, 0.3) is 5.91 Å². The predicted octanol–water partition coefficient (Wildman–Crippen LogP) is 5.81. The molecule has 7 heteroatoms. The van der Waals surface area contributed by atoms with Gasteiger partial charge in [-0.2, -0.15) is 13.2 Å². The first kappa shape index (κ1) is 20.5. The van der Waals surface area contributed by atoms with Crippen molar-refractivity contribution in [2.24, 2.45) is 5.41 Å². The summed E-state index contributed by atoms with van der Waals surface area (Å²) in [5.41, 5.74) is 0.714. The Hall–Kier alpha value is -2.21. The van der Waals surface area contributed by atoms with Crippen LogP contribution in [0.1, 0.15) is 41.8 Å². The molecule has 1 saturated heterocycles. The Kier molecular flexibility index (Phi) is 5.62. The molecular formula is C21H21ClF3NO2. The molecule has 1 aliphatic heterocycles. The summed E-state index contributed by atoms with van der Waals surface area (Å²) < 4.78 is 43.6. The Balaban J connectivity index is 1.61. The summed E-state index contributed by atoms with van der Waals surface area (Å²) in [6.07, 6.45) is -3.46. The number of alkyl halides is 3. The summed E-state index contributed by atoms with van der Waals surface area (Å²) in [6.45, 7) is 5.92. The van der Waals surface area contributed by atoms with E-state index in [-0.39, 0.29) is 28.7 Å². The second-order valence-corrected chi connectivity index (χ2v) is 8.18. The summed E-state index contributed by atoms with van der Waals surface area (Å²) in [6, 6.07) is 10.00. The van der Waals surface area contributed by atoms with Gasteiger partial charge in [0, 0.05) is 18.7 Å². The highest BCUT2D eigenvalue weighted by atomic mass is 35.5. The first-order chi connectivity index (χ1) is 13.0. The van der Waals surface area contributed by atoms with Gasteiger partial charge in [-0.1, -0.05) is 37.6 Å². The van der Waals surface area contributed by atoms with Gasteiger partial charge in [-0.05, 0) is 47.7 Å². The molecule has 28 heavy (non-hydrogen) atoms. The SMILES string of the molecule is CC1(C)CCN(C(=O)c2ccc(COc3ccc(C(F)(F)F)cc3Cl)cc2)C1. The first-order valence-electron chi connectivity index (χ1n) is 8.93. The lowest BCUT2D eigenvalue weighted by Gasteiger charge is -2.20. The smallest absolute Gasteiger partial charge is 0.416 e. The minimum atomic E-state index is -4.45. The van der Waals surface area contributed by atoms with Crippen molar-refractivity contribution in [1.82, 2.24) is 4.90 Å². The number of hydrogen-bond acceptors (Lipinski definition) is 2. The van der Waals surface area contributed by atoms with E-state index in [9.17, 15) is 18.0 Å². The molecular weight excluding hydrogens is 391 g/mol. The largest absolute Gasteiger partial charge is 0.487 e. The standard InChI is InChI=1S/C21H21ClF3NO2/c1-20(2)9-10-26(13-20)19(27)15-5-3-14(4-6-15)12-28-18-8-7-16(11-17(18)22)21(23,24)25/h3-8,11H,9-10,12-13H2,1-2H3. The third-order valence-corrected chi connectivity index (χ3v) is 5.11. The normalized spacial score (nSPS) is 16.3. The predicted molar refractivity (Wildman–Crippen MR) is 102 cm³/mol. The highest BCUT2D eigenvalue weighted by Gasteiger charge is 2.32. The van der Waals surface area contributed by atoms with Crippen LogP contribution in [0.3, 0.4) is 0 Å². The molecule has 1 fully saturated rings. The van der Waals surface area contributed by atoms with Gasteiger partial charge in [0.1, 0.15) is 12.4 Å². The molecule has 0 aliphatic carbocycles. The monoisotopic (exact) mass is 411 g/mol. The van der Waals surface area contributed by atoms with E-state index in [1.165, 1.54) is 6.07 Å². The number of carbonyl (C=O) groups excluding carboxylic acids is 1. The highest BCUT2D eigenvalue weighted by molar-refractivity contribution is 6.32. The van der Waals surface area contributed by atoms with Gasteiger partial charge in [0.15, 0.2) is 0 Å². The second-order valence-electron chi connectivity index (χ2n) is 7.77. The Morgan fingerprint density at radius 1 is 1.18 bits per heavy atom. The third kappa shape index (κ3) is 4.79. The number of hydrogen-bond donors (Lipinski definition) is 0. The fourth-order valence-corrected chi connectivity index (χ4v) is 3.40. The van der Waals surface area contributed by atoms with Crippen molar-refractivity contribution < 1.29 is 22.7 Å². The maximum atomic E-state index is 12.7. The van der Waals surface area contributed by atoms with E-state index in [1.807, 2.05) is 4.90 Å². The van der Waals surface area contributed by atoms with Crippen LogP contribution in [0, 0.1) is 5.41 Å². The number of nitrogens with zero attached hydrogens (tertiary/aromatic N) is 1. The van der Waals surface area contributed by atoms with Crippen LogP contribution in [-0.2, 0) is 12.8 Å². The average molecular weight is 412 g/mol. The van der Waals surface area contributed by atoms with E-state index < -0.39 is 11.7 Å². The minimum absolute atomic E-state index is 0.00354. The molecule has 3 nitrogen and oxygen atoms in total. The van der Waals surface area contributed by atoms with Gasteiger partial charge in [0.05, 0.1) is 10.6 Å². The van der Waals surface area contributed by atoms with Crippen LogP contribution in [-0.4, -0.2) is 23.9 Å². The van der Waals surface area contributed by atoms with Crippen LogP contribution < -0.4 is 4.74 Å². The van der Waals surface area contributed by atoms with Gasteiger partial charge < -0.3 is 9.64 Å². The molecule has 0 unspecified atom stereocenters. The molecule has 0 atom stereocenters. The Bertz CT molecular complexity index is 863. The van der Waals surface area contributed by atoms with Crippen LogP contribution in [0.5, 0.6) is 5.75 Å². The lowest BCUT2D eigenvalue weighted by atomic mass is 9.93. The van der Waals surface area contributed by atoms with Crippen LogP contribution in [0.25, 0.3) is 0 Å². The van der Waals surface area contributed by atoms with E-state index in [4.69, 9.17) is 16.3 Å². The van der Waals surface area contributed by atoms with Crippen molar-refractivity contribution in [2.75, 3.05) is 13.1 Å². The number of benzene rings is 2. The van der Waals surface area contributed by atoms with Crippen LogP contribution >= 0.6 is 11.6 Å². The summed E-state index contributed by atoms with van der Waals surface area (Å²) in [5.74, 6) is 0.179. The van der Waals surface area contributed by atoms with Crippen molar-refractivity contribution >= 4 is 17.5 Å². The summed E-state index contributed by atoms with van der Waals surface area (Å²) in [4.78, 5) is 14.4. The van der Waals surface area contributed by atoms with Gasteiger partial charge in [-0.25, -0.2) is 0 Å². The van der Waals surface area contributed by atoms with Gasteiger partial charge in [0.2, 0.25) is 0 Å². The van der Waals surface area contributed by atoms with E-state index in [2.05, 4.69) is 13.8 Å². The molecule has 1 aliphatic rings. The van der Waals surface area contributed by atoms with Crippen LogP contribution in [0.4, 0.5) is 13.2 Å². The third-order valence-electron chi connectivity index (χ3n) is 4.82. The quantitative estimate of drug-likeness (QED) is 0.635. The lowest BCUT2D eigenvalue weighted by molar-refractivity contribution is -0.137. The highest BCUT2D eigenvalue weighted by Crippen LogP contribution is 2.35. The number of likely N-dealkylation sites (tertiary alicyclic amines) is 1. The van der Waals surface area contributed by atoms with Gasteiger partial charge >= 0.3 is 6.18 Å². The molecule has 0 N–H and O–H groups in total. The molecule has 0 saturated carbocycles. The second kappa shape index (κ2) is 7.66. The summed E-state index contributed by atoms with van der Waals surface area (Å²) in [5, 5.41) is -0.0988. The first-order valence-corrected chi connectivity index (χ1v) is 9.31. The van der Waals surface area contributed by atoms with Crippen LogP contribution in [0.15, 0.2) is 42.5 Å². The zero-order valence-electron chi connectivity index (χ0n) is 15.6. The Morgan fingerprint density at radius 3 is 2.39 bits per heavy atom. The van der Waals surface area contributed by atoms with Crippen molar-refractivity contribution in [3.05, 3.63) is 64.2 Å².